The molecule has 1 heterocycles. The van der Waals surface area contributed by atoms with Gasteiger partial charge in [-0.2, -0.15) is 0 Å². The molecular weight excluding hydrogens is 197 g/mol. The maximum atomic E-state index is 4.42. The van der Waals surface area contributed by atoms with Crippen molar-refractivity contribution in [3.05, 3.63) is 0 Å². The average molecular weight is 221 g/mol. The largest absolute Gasteiger partial charge is 0.341 e. The molecule has 4 heteroatoms. The topological polar surface area (TPSA) is 18.8 Å². The molecule has 1 saturated heterocycles. The quantitative estimate of drug-likeness (QED) is 0.568. The maximum absolute atomic E-state index is 4.42. The molecule has 0 amide bonds. The molecule has 2 aliphatic rings. The number of aliphatic imine (C=N–C) groups is 1. The van der Waals surface area contributed by atoms with Gasteiger partial charge in [0, 0.05) is 21.1 Å². The van der Waals surface area contributed by atoms with E-state index in [-0.39, 0.29) is 0 Å². The number of hydrogen-bond donors (Lipinski definition) is 0. The summed E-state index contributed by atoms with van der Waals surface area (Å²) >= 11 is 0. The van der Waals surface area contributed by atoms with Crippen molar-refractivity contribution in [3.8, 4) is 0 Å². The van der Waals surface area contributed by atoms with E-state index in [2.05, 4.69) is 43.7 Å². The summed E-state index contributed by atoms with van der Waals surface area (Å²) in [5, 5.41) is 0.484. The molecule has 3 unspecified atom stereocenters. The summed E-state index contributed by atoms with van der Waals surface area (Å²) in [6.45, 7) is 2.41. The third-order valence-corrected chi connectivity index (χ3v) is 4.39. The Kier molecular flexibility index (Phi) is 2.93. The first-order valence-electron chi connectivity index (χ1n) is 6.39. The highest BCUT2D eigenvalue weighted by molar-refractivity contribution is 6.14. The SMILES string of the molecule is BC1(C)CCCC2C(C1)N(C)/C(=N/C)N2C. The summed E-state index contributed by atoms with van der Waals surface area (Å²) in [5.74, 6) is 1.16. The van der Waals surface area contributed by atoms with Crippen LogP contribution >= 0.6 is 0 Å². The Bertz CT molecular complexity index is 301. The first-order chi connectivity index (χ1) is 7.46. The van der Waals surface area contributed by atoms with Crippen LogP contribution in [0.5, 0.6) is 0 Å². The van der Waals surface area contributed by atoms with Crippen molar-refractivity contribution in [3.63, 3.8) is 0 Å². The van der Waals surface area contributed by atoms with Crippen LogP contribution in [0.3, 0.4) is 0 Å². The lowest BCUT2D eigenvalue weighted by molar-refractivity contribution is 0.280. The van der Waals surface area contributed by atoms with Gasteiger partial charge in [-0.15, -0.1) is 0 Å². The van der Waals surface area contributed by atoms with Gasteiger partial charge in [-0.05, 0) is 12.8 Å². The summed E-state index contributed by atoms with van der Waals surface area (Å²) in [7, 11) is 8.70. The molecule has 3 atom stereocenters. The van der Waals surface area contributed by atoms with E-state index in [4.69, 9.17) is 0 Å². The van der Waals surface area contributed by atoms with Gasteiger partial charge in [0.15, 0.2) is 5.96 Å². The van der Waals surface area contributed by atoms with Gasteiger partial charge in [-0.3, -0.25) is 4.99 Å². The number of likely N-dealkylation sites (N-methyl/N-ethyl adjacent to an activating group) is 2. The molecule has 0 aromatic carbocycles. The average Bonchev–Trinajstić information content (AvgIpc) is 2.37. The van der Waals surface area contributed by atoms with Crippen LogP contribution < -0.4 is 0 Å². The fourth-order valence-corrected chi connectivity index (χ4v) is 3.49. The fourth-order valence-electron chi connectivity index (χ4n) is 3.49. The third-order valence-electron chi connectivity index (χ3n) is 4.39. The van der Waals surface area contributed by atoms with Gasteiger partial charge >= 0.3 is 0 Å². The standard InChI is InChI=1S/C12H24BN3/c1-12(13)7-5-6-9-10(8-12)16(4)11(14-2)15(9)3/h9-10H,5-8,13H2,1-4H3/b14-11+. The van der Waals surface area contributed by atoms with E-state index in [0.29, 0.717) is 17.4 Å². The van der Waals surface area contributed by atoms with Crippen molar-refractivity contribution in [2.45, 2.75) is 50.0 Å². The van der Waals surface area contributed by atoms with E-state index >= 15 is 0 Å². The van der Waals surface area contributed by atoms with Crippen LogP contribution in [0.2, 0.25) is 5.31 Å². The third kappa shape index (κ3) is 1.83. The minimum atomic E-state index is 0.484. The van der Waals surface area contributed by atoms with Crippen LogP contribution in [-0.4, -0.2) is 56.8 Å². The van der Waals surface area contributed by atoms with Crippen LogP contribution in [0.15, 0.2) is 4.99 Å². The van der Waals surface area contributed by atoms with E-state index < -0.39 is 0 Å². The minimum Gasteiger partial charge on any atom is -0.341 e. The number of guanidine groups is 1. The van der Waals surface area contributed by atoms with Gasteiger partial charge in [-0.1, -0.05) is 25.1 Å². The van der Waals surface area contributed by atoms with E-state index in [9.17, 15) is 0 Å². The molecule has 0 bridgehead atoms. The number of hydrogen-bond acceptors (Lipinski definition) is 1. The lowest BCUT2D eigenvalue weighted by Gasteiger charge is -2.30. The Balaban J connectivity index is 2.26. The van der Waals surface area contributed by atoms with Crippen LogP contribution in [0.4, 0.5) is 0 Å². The molecule has 3 nitrogen and oxygen atoms in total. The van der Waals surface area contributed by atoms with Gasteiger partial charge in [0.1, 0.15) is 7.85 Å². The van der Waals surface area contributed by atoms with Crippen LogP contribution in [0, 0.1) is 0 Å². The summed E-state index contributed by atoms with van der Waals surface area (Å²) in [6, 6.07) is 1.33. The second kappa shape index (κ2) is 3.97. The summed E-state index contributed by atoms with van der Waals surface area (Å²) in [6.07, 6.45) is 5.31. The maximum Gasteiger partial charge on any atom is 0.196 e. The van der Waals surface area contributed by atoms with Gasteiger partial charge in [0.05, 0.1) is 12.1 Å². The summed E-state index contributed by atoms with van der Waals surface area (Å²) in [4.78, 5) is 9.19. The van der Waals surface area contributed by atoms with Crippen molar-refractivity contribution in [1.29, 1.82) is 0 Å². The summed E-state index contributed by atoms with van der Waals surface area (Å²) in [5.41, 5.74) is 0. The zero-order valence-electron chi connectivity index (χ0n) is 11.3. The lowest BCUT2D eigenvalue weighted by atomic mass is 9.65. The minimum absolute atomic E-state index is 0.484. The molecule has 1 aliphatic carbocycles. The number of fused-ring (bicyclic) bond motifs is 1. The van der Waals surface area contributed by atoms with Gasteiger partial charge in [0.25, 0.3) is 0 Å². The van der Waals surface area contributed by atoms with Gasteiger partial charge in [-0.25, -0.2) is 0 Å². The van der Waals surface area contributed by atoms with Crippen molar-refractivity contribution in [2.75, 3.05) is 21.1 Å². The zero-order valence-corrected chi connectivity index (χ0v) is 11.3. The first kappa shape index (κ1) is 11.8. The van der Waals surface area contributed by atoms with Crippen molar-refractivity contribution < 1.29 is 0 Å². The highest BCUT2D eigenvalue weighted by Gasteiger charge is 2.43. The predicted molar refractivity (Wildman–Crippen MR) is 71.8 cm³/mol. The normalized spacial score (nSPS) is 42.4. The van der Waals surface area contributed by atoms with Gasteiger partial charge in [0.2, 0.25) is 0 Å². The van der Waals surface area contributed by atoms with Crippen molar-refractivity contribution >= 4 is 13.8 Å². The zero-order chi connectivity index (χ0) is 11.9. The fraction of sp³-hybridized carbons (Fsp3) is 0.917. The molecule has 1 aliphatic heterocycles. The van der Waals surface area contributed by atoms with Crippen molar-refractivity contribution in [2.24, 2.45) is 4.99 Å². The van der Waals surface area contributed by atoms with E-state index in [1.807, 2.05) is 7.05 Å². The van der Waals surface area contributed by atoms with Gasteiger partial charge < -0.3 is 9.80 Å². The molecule has 2 fully saturated rings. The predicted octanol–water partition coefficient (Wildman–Crippen LogP) is 0.972. The molecule has 90 valence electrons. The Morgan fingerprint density at radius 3 is 2.56 bits per heavy atom. The van der Waals surface area contributed by atoms with E-state index in [1.165, 1.54) is 25.7 Å². The molecule has 0 spiro atoms. The Labute approximate surface area is 100 Å². The van der Waals surface area contributed by atoms with E-state index in [1.54, 1.807) is 0 Å². The first-order valence-corrected chi connectivity index (χ1v) is 6.39. The van der Waals surface area contributed by atoms with Crippen LogP contribution in [0.1, 0.15) is 32.6 Å². The smallest absolute Gasteiger partial charge is 0.196 e. The molecule has 1 saturated carbocycles. The molecule has 0 radical (unpaired) electrons. The monoisotopic (exact) mass is 221 g/mol. The molecule has 0 aromatic heterocycles. The van der Waals surface area contributed by atoms with Crippen LogP contribution in [0.25, 0.3) is 0 Å². The molecule has 16 heavy (non-hydrogen) atoms. The summed E-state index contributed by atoms with van der Waals surface area (Å²) < 4.78 is 0. The van der Waals surface area contributed by atoms with Crippen molar-refractivity contribution in [1.82, 2.24) is 9.80 Å². The lowest BCUT2D eigenvalue weighted by Crippen LogP contribution is -2.35. The Hall–Kier alpha value is -0.665. The number of rotatable bonds is 0. The molecule has 0 aromatic rings. The Morgan fingerprint density at radius 1 is 1.31 bits per heavy atom. The molecule has 2 rings (SSSR count). The molecular formula is C12H24BN3. The Morgan fingerprint density at radius 2 is 1.94 bits per heavy atom. The second-order valence-corrected chi connectivity index (χ2v) is 6.14. The number of nitrogens with zero attached hydrogens (tertiary/aromatic N) is 3. The second-order valence-electron chi connectivity index (χ2n) is 6.14. The molecule has 0 N–H and O–H groups in total. The van der Waals surface area contributed by atoms with Crippen LogP contribution in [-0.2, 0) is 0 Å². The highest BCUT2D eigenvalue weighted by Crippen LogP contribution is 2.42. The highest BCUT2D eigenvalue weighted by atomic mass is 15.4. The van der Waals surface area contributed by atoms with E-state index in [0.717, 1.165) is 5.96 Å².